The Bertz CT molecular complexity index is 378. The lowest BCUT2D eigenvalue weighted by atomic mass is 10.3. The second kappa shape index (κ2) is 4.46. The third-order valence-corrected chi connectivity index (χ3v) is 4.05. The first-order valence-electron chi connectivity index (χ1n) is 4.63. The molecule has 3 nitrogen and oxygen atoms in total. The maximum Gasteiger partial charge on any atom is 0.235 e. The highest BCUT2D eigenvalue weighted by Gasteiger charge is 2.17. The summed E-state index contributed by atoms with van der Waals surface area (Å²) in [6, 6.07) is 8.92. The molecule has 0 saturated carbocycles. The van der Waals surface area contributed by atoms with Crippen LogP contribution in [0.1, 0.15) is 21.7 Å². The fourth-order valence-corrected chi connectivity index (χ4v) is 2.10. The lowest BCUT2D eigenvalue weighted by molar-refractivity contribution is 0.586. The minimum Gasteiger partial charge on any atom is -0.283 e. The standard InChI is InChI=1S/C10H15NO2S.H2/c1-3-9(2)14(12,13)11-10-7-5-4-6-8-10;/h4-9,11H,3H2,1-2H3;1H. The van der Waals surface area contributed by atoms with Crippen molar-refractivity contribution >= 4 is 15.7 Å². The molecular formula is C10H17NO2S. The normalized spacial score (nSPS) is 13.6. The number of rotatable bonds is 4. The number of sulfonamides is 1. The van der Waals surface area contributed by atoms with E-state index in [0.29, 0.717) is 12.1 Å². The van der Waals surface area contributed by atoms with Crippen LogP contribution in [0.3, 0.4) is 0 Å². The number of para-hydroxylation sites is 1. The molecule has 14 heavy (non-hydrogen) atoms. The molecule has 0 spiro atoms. The second-order valence-corrected chi connectivity index (χ2v) is 5.33. The Morgan fingerprint density at radius 3 is 2.43 bits per heavy atom. The predicted octanol–water partition coefficient (Wildman–Crippen LogP) is 2.47. The third kappa shape index (κ3) is 2.73. The van der Waals surface area contributed by atoms with Gasteiger partial charge in [-0.3, -0.25) is 4.72 Å². The Morgan fingerprint density at radius 2 is 1.93 bits per heavy atom. The first-order valence-corrected chi connectivity index (χ1v) is 6.17. The van der Waals surface area contributed by atoms with Crippen LogP contribution >= 0.6 is 0 Å². The maximum absolute atomic E-state index is 11.6. The van der Waals surface area contributed by atoms with Crippen molar-refractivity contribution in [3.8, 4) is 0 Å². The summed E-state index contributed by atoms with van der Waals surface area (Å²) in [5.74, 6) is 0. The molecule has 0 heterocycles. The van der Waals surface area contributed by atoms with Gasteiger partial charge in [-0.25, -0.2) is 8.42 Å². The van der Waals surface area contributed by atoms with Gasteiger partial charge >= 0.3 is 0 Å². The molecule has 0 aliphatic heterocycles. The van der Waals surface area contributed by atoms with E-state index in [9.17, 15) is 8.42 Å². The first kappa shape index (κ1) is 11.0. The van der Waals surface area contributed by atoms with Gasteiger partial charge in [-0.2, -0.15) is 0 Å². The Balaban J connectivity index is 0.00000196. The minimum absolute atomic E-state index is 0. The van der Waals surface area contributed by atoms with Crippen LogP contribution in [0.15, 0.2) is 30.3 Å². The zero-order chi connectivity index (χ0) is 10.6. The van der Waals surface area contributed by atoms with E-state index in [0.717, 1.165) is 0 Å². The third-order valence-electron chi connectivity index (χ3n) is 2.14. The molecule has 1 atom stereocenters. The Kier molecular flexibility index (Phi) is 3.52. The molecule has 1 unspecified atom stereocenters. The van der Waals surface area contributed by atoms with E-state index < -0.39 is 10.0 Å². The van der Waals surface area contributed by atoms with Gasteiger partial charge in [0.1, 0.15) is 0 Å². The fourth-order valence-electron chi connectivity index (χ4n) is 0.990. The number of anilines is 1. The topological polar surface area (TPSA) is 46.2 Å². The van der Waals surface area contributed by atoms with Gasteiger partial charge in [-0.05, 0) is 25.5 Å². The van der Waals surface area contributed by atoms with Gasteiger partial charge in [-0.15, -0.1) is 0 Å². The molecule has 0 aliphatic rings. The fraction of sp³-hybridized carbons (Fsp3) is 0.400. The molecule has 0 aromatic heterocycles. The number of nitrogens with one attached hydrogen (secondary N) is 1. The summed E-state index contributed by atoms with van der Waals surface area (Å²) in [5, 5.41) is -0.359. The SMILES string of the molecule is CCC(C)S(=O)(=O)Nc1ccccc1.[HH]. The van der Waals surface area contributed by atoms with E-state index >= 15 is 0 Å². The number of benzene rings is 1. The monoisotopic (exact) mass is 215 g/mol. The van der Waals surface area contributed by atoms with Crippen molar-refractivity contribution in [2.45, 2.75) is 25.5 Å². The van der Waals surface area contributed by atoms with Crippen LogP contribution in [0.2, 0.25) is 0 Å². The second-order valence-electron chi connectivity index (χ2n) is 3.23. The molecule has 0 saturated heterocycles. The first-order chi connectivity index (χ1) is 6.56. The molecule has 0 amide bonds. The van der Waals surface area contributed by atoms with Gasteiger partial charge in [-0.1, -0.05) is 25.1 Å². The van der Waals surface area contributed by atoms with Gasteiger partial charge in [0.05, 0.1) is 5.25 Å². The molecule has 0 radical (unpaired) electrons. The molecule has 0 bridgehead atoms. The van der Waals surface area contributed by atoms with Gasteiger partial charge in [0, 0.05) is 7.11 Å². The molecule has 0 aliphatic carbocycles. The summed E-state index contributed by atoms with van der Waals surface area (Å²) in [6.45, 7) is 3.56. The van der Waals surface area contributed by atoms with Crippen molar-refractivity contribution in [3.05, 3.63) is 30.3 Å². The van der Waals surface area contributed by atoms with Gasteiger partial charge in [0.25, 0.3) is 0 Å². The highest BCUT2D eigenvalue weighted by Crippen LogP contribution is 2.12. The predicted molar refractivity (Wildman–Crippen MR) is 60.9 cm³/mol. The quantitative estimate of drug-likeness (QED) is 0.838. The van der Waals surface area contributed by atoms with Crippen molar-refractivity contribution in [1.29, 1.82) is 0 Å². The minimum atomic E-state index is -3.21. The van der Waals surface area contributed by atoms with Crippen molar-refractivity contribution in [3.63, 3.8) is 0 Å². The van der Waals surface area contributed by atoms with Gasteiger partial charge < -0.3 is 0 Å². The maximum atomic E-state index is 11.6. The number of hydrogen-bond donors (Lipinski definition) is 1. The van der Waals surface area contributed by atoms with E-state index in [2.05, 4.69) is 4.72 Å². The zero-order valence-corrected chi connectivity index (χ0v) is 9.21. The lowest BCUT2D eigenvalue weighted by Gasteiger charge is -2.12. The Hall–Kier alpha value is -1.03. The molecule has 1 aromatic carbocycles. The number of hydrogen-bond acceptors (Lipinski definition) is 2. The zero-order valence-electron chi connectivity index (χ0n) is 8.40. The lowest BCUT2D eigenvalue weighted by Crippen LogP contribution is -2.24. The van der Waals surface area contributed by atoms with Crippen molar-refractivity contribution < 1.29 is 9.84 Å². The summed E-state index contributed by atoms with van der Waals surface area (Å²) in [5.41, 5.74) is 0.618. The largest absolute Gasteiger partial charge is 0.283 e. The molecule has 1 rings (SSSR count). The van der Waals surface area contributed by atoms with Crippen LogP contribution < -0.4 is 4.72 Å². The van der Waals surface area contributed by atoms with Crippen LogP contribution in [-0.4, -0.2) is 13.7 Å². The van der Waals surface area contributed by atoms with Crippen LogP contribution in [-0.2, 0) is 10.0 Å². The van der Waals surface area contributed by atoms with Crippen molar-refractivity contribution in [2.75, 3.05) is 4.72 Å². The van der Waals surface area contributed by atoms with E-state index in [1.807, 2.05) is 13.0 Å². The van der Waals surface area contributed by atoms with Crippen molar-refractivity contribution in [2.24, 2.45) is 0 Å². The average Bonchev–Trinajstić information content (AvgIpc) is 2.17. The average molecular weight is 215 g/mol. The van der Waals surface area contributed by atoms with E-state index in [1.54, 1.807) is 31.2 Å². The molecular weight excluding hydrogens is 198 g/mol. The van der Waals surface area contributed by atoms with Crippen LogP contribution in [0, 0.1) is 0 Å². The molecule has 80 valence electrons. The summed E-state index contributed by atoms with van der Waals surface area (Å²) in [4.78, 5) is 0. The van der Waals surface area contributed by atoms with Crippen LogP contribution in [0.5, 0.6) is 0 Å². The Morgan fingerprint density at radius 1 is 1.36 bits per heavy atom. The van der Waals surface area contributed by atoms with Gasteiger partial charge in [0.2, 0.25) is 10.0 Å². The Labute approximate surface area is 86.7 Å². The summed E-state index contributed by atoms with van der Waals surface area (Å²) < 4.78 is 25.8. The van der Waals surface area contributed by atoms with E-state index in [-0.39, 0.29) is 6.68 Å². The highest BCUT2D eigenvalue weighted by atomic mass is 32.2. The van der Waals surface area contributed by atoms with Crippen LogP contribution in [0.4, 0.5) is 5.69 Å². The summed E-state index contributed by atoms with van der Waals surface area (Å²) in [7, 11) is -3.21. The molecule has 1 N–H and O–H groups in total. The van der Waals surface area contributed by atoms with E-state index in [1.165, 1.54) is 0 Å². The summed E-state index contributed by atoms with van der Waals surface area (Å²) in [6.07, 6.45) is 0.613. The van der Waals surface area contributed by atoms with E-state index in [4.69, 9.17) is 0 Å². The highest BCUT2D eigenvalue weighted by molar-refractivity contribution is 7.93. The van der Waals surface area contributed by atoms with Gasteiger partial charge in [0.15, 0.2) is 0 Å². The van der Waals surface area contributed by atoms with Crippen LogP contribution in [0.25, 0.3) is 0 Å². The molecule has 4 heteroatoms. The van der Waals surface area contributed by atoms with Crippen molar-refractivity contribution in [1.82, 2.24) is 0 Å². The summed E-state index contributed by atoms with van der Waals surface area (Å²) >= 11 is 0. The molecule has 1 aromatic rings. The smallest absolute Gasteiger partial charge is 0.235 e. The molecule has 0 fully saturated rings.